The number of benzene rings is 1. The van der Waals surface area contributed by atoms with Crippen molar-refractivity contribution in [3.05, 3.63) is 61.7 Å². The normalized spacial score (nSPS) is 11.7. The van der Waals surface area contributed by atoms with Gasteiger partial charge >= 0.3 is 6.18 Å². The summed E-state index contributed by atoms with van der Waals surface area (Å²) in [5.74, 6) is 0.347. The van der Waals surface area contributed by atoms with Crippen molar-refractivity contribution in [3.8, 4) is 0 Å². The van der Waals surface area contributed by atoms with Crippen LogP contribution in [0.15, 0.2) is 33.5 Å². The summed E-state index contributed by atoms with van der Waals surface area (Å²) in [6.45, 7) is 1.85. The van der Waals surface area contributed by atoms with Gasteiger partial charge in [-0.2, -0.15) is 13.2 Å². The number of aromatic nitrogens is 2. The number of aromatic amines is 1. The van der Waals surface area contributed by atoms with E-state index in [0.717, 1.165) is 12.1 Å². The van der Waals surface area contributed by atoms with Gasteiger partial charge in [0, 0.05) is 6.42 Å². The van der Waals surface area contributed by atoms with Crippen LogP contribution in [0, 0.1) is 0 Å². The molecule has 1 N–H and O–H groups in total. The van der Waals surface area contributed by atoms with Crippen LogP contribution in [0.4, 0.5) is 13.2 Å². The quantitative estimate of drug-likeness (QED) is 0.906. The molecule has 0 aliphatic rings. The molecule has 21 heavy (non-hydrogen) atoms. The Labute approximate surface area is 127 Å². The number of hydrogen-bond acceptors (Lipinski definition) is 2. The molecule has 0 amide bonds. The second-order valence-electron chi connectivity index (χ2n) is 4.50. The Morgan fingerprint density at radius 2 is 2.05 bits per heavy atom. The highest BCUT2D eigenvalue weighted by Gasteiger charge is 2.30. The first-order valence-electron chi connectivity index (χ1n) is 6.25. The van der Waals surface area contributed by atoms with Crippen molar-refractivity contribution in [2.45, 2.75) is 25.9 Å². The minimum Gasteiger partial charge on any atom is -0.309 e. The molecule has 7 heteroatoms. The van der Waals surface area contributed by atoms with Gasteiger partial charge in [-0.1, -0.05) is 25.1 Å². The number of nitrogens with zero attached hydrogens (tertiary/aromatic N) is 1. The summed E-state index contributed by atoms with van der Waals surface area (Å²) in [6.07, 6.45) is -3.69. The van der Waals surface area contributed by atoms with Gasteiger partial charge in [0.2, 0.25) is 0 Å². The van der Waals surface area contributed by atoms with Gasteiger partial charge in [-0.25, -0.2) is 4.98 Å². The zero-order valence-corrected chi connectivity index (χ0v) is 12.7. The molecule has 0 saturated heterocycles. The lowest BCUT2D eigenvalue weighted by Crippen LogP contribution is -2.16. The minimum absolute atomic E-state index is 0.138. The summed E-state index contributed by atoms with van der Waals surface area (Å²) in [5.41, 5.74) is -0.0166. The smallest absolute Gasteiger partial charge is 0.309 e. The monoisotopic (exact) mass is 360 g/mol. The fraction of sp³-hybridized carbons (Fsp3) is 0.286. The van der Waals surface area contributed by atoms with E-state index in [1.54, 1.807) is 6.07 Å². The van der Waals surface area contributed by atoms with E-state index in [1.165, 1.54) is 6.07 Å². The van der Waals surface area contributed by atoms with Gasteiger partial charge in [0.25, 0.3) is 5.56 Å². The minimum atomic E-state index is -4.38. The highest BCUT2D eigenvalue weighted by Crippen LogP contribution is 2.29. The fourth-order valence-corrected chi connectivity index (χ4v) is 2.39. The van der Waals surface area contributed by atoms with Crippen molar-refractivity contribution >= 4 is 15.9 Å². The highest BCUT2D eigenvalue weighted by atomic mass is 79.9. The van der Waals surface area contributed by atoms with Gasteiger partial charge in [0.1, 0.15) is 10.3 Å². The molecule has 2 rings (SSSR count). The molecular formula is C14H12BrF3N2O. The number of aryl methyl sites for hydroxylation is 1. The molecule has 1 aromatic heterocycles. The predicted molar refractivity (Wildman–Crippen MR) is 76.2 cm³/mol. The third-order valence-electron chi connectivity index (χ3n) is 2.94. The summed E-state index contributed by atoms with van der Waals surface area (Å²) in [6, 6.07) is 4.99. The first-order valence-corrected chi connectivity index (χ1v) is 7.04. The van der Waals surface area contributed by atoms with Gasteiger partial charge < -0.3 is 4.98 Å². The van der Waals surface area contributed by atoms with Crippen LogP contribution < -0.4 is 5.56 Å². The van der Waals surface area contributed by atoms with Gasteiger partial charge in [-0.05, 0) is 34.0 Å². The topological polar surface area (TPSA) is 45.8 Å². The second-order valence-corrected chi connectivity index (χ2v) is 5.29. The van der Waals surface area contributed by atoms with Crippen LogP contribution in [0.1, 0.15) is 29.6 Å². The molecule has 2 aromatic rings. The van der Waals surface area contributed by atoms with Crippen LogP contribution in [-0.2, 0) is 19.0 Å². The molecule has 0 bridgehead atoms. The lowest BCUT2D eigenvalue weighted by molar-refractivity contribution is -0.137. The van der Waals surface area contributed by atoms with E-state index in [0.29, 0.717) is 28.0 Å². The van der Waals surface area contributed by atoms with Crippen molar-refractivity contribution in [2.75, 3.05) is 0 Å². The van der Waals surface area contributed by atoms with Gasteiger partial charge in [0.15, 0.2) is 0 Å². The van der Waals surface area contributed by atoms with E-state index in [1.807, 2.05) is 6.92 Å². The van der Waals surface area contributed by atoms with E-state index in [9.17, 15) is 18.0 Å². The van der Waals surface area contributed by atoms with Crippen LogP contribution in [0.2, 0.25) is 0 Å². The zero-order valence-electron chi connectivity index (χ0n) is 11.1. The van der Waals surface area contributed by atoms with Crippen molar-refractivity contribution in [1.29, 1.82) is 0 Å². The molecule has 1 aromatic carbocycles. The lowest BCUT2D eigenvalue weighted by atomic mass is 10.1. The standard InChI is InChI=1S/C14H12BrF3N2O/c1-2-10-12(15)13(21)20-11(19-10)7-8-4-3-5-9(6-8)14(16,17)18/h3-6H,2,7H2,1H3,(H,19,20,21). The molecular weight excluding hydrogens is 349 g/mol. The van der Waals surface area contributed by atoms with Crippen molar-refractivity contribution in [1.82, 2.24) is 9.97 Å². The van der Waals surface area contributed by atoms with Crippen molar-refractivity contribution < 1.29 is 13.2 Å². The predicted octanol–water partition coefficient (Wildman–Crippen LogP) is 3.70. The first kappa shape index (κ1) is 15.8. The molecule has 0 unspecified atom stereocenters. The molecule has 0 saturated carbocycles. The van der Waals surface area contributed by atoms with Crippen LogP contribution in [0.5, 0.6) is 0 Å². The summed E-state index contributed by atoms with van der Waals surface area (Å²) in [7, 11) is 0. The van der Waals surface area contributed by atoms with Crippen molar-refractivity contribution in [2.24, 2.45) is 0 Å². The fourth-order valence-electron chi connectivity index (χ4n) is 1.93. The Morgan fingerprint density at radius 3 is 2.67 bits per heavy atom. The Bertz CT molecular complexity index is 710. The summed E-state index contributed by atoms with van der Waals surface area (Å²) in [4.78, 5) is 18.5. The molecule has 3 nitrogen and oxygen atoms in total. The van der Waals surface area contributed by atoms with Crippen LogP contribution in [0.3, 0.4) is 0 Å². The van der Waals surface area contributed by atoms with Gasteiger partial charge in [-0.15, -0.1) is 0 Å². The maximum Gasteiger partial charge on any atom is 0.416 e. The average Bonchev–Trinajstić information content (AvgIpc) is 2.42. The molecule has 0 spiro atoms. The third-order valence-corrected chi connectivity index (χ3v) is 3.76. The molecule has 0 aliphatic carbocycles. The maximum atomic E-state index is 12.7. The van der Waals surface area contributed by atoms with E-state index in [4.69, 9.17) is 0 Å². The van der Waals surface area contributed by atoms with Crippen LogP contribution in [-0.4, -0.2) is 9.97 Å². The molecule has 0 atom stereocenters. The van der Waals surface area contributed by atoms with Gasteiger partial charge in [-0.3, -0.25) is 4.79 Å². The third kappa shape index (κ3) is 3.72. The van der Waals surface area contributed by atoms with E-state index in [-0.39, 0.29) is 12.0 Å². The highest BCUT2D eigenvalue weighted by molar-refractivity contribution is 9.10. The molecule has 112 valence electrons. The Kier molecular flexibility index (Phi) is 4.51. The molecule has 0 radical (unpaired) electrons. The molecule has 0 fully saturated rings. The molecule has 0 aliphatic heterocycles. The summed E-state index contributed by atoms with van der Waals surface area (Å²) >= 11 is 3.14. The lowest BCUT2D eigenvalue weighted by Gasteiger charge is -2.09. The van der Waals surface area contributed by atoms with E-state index >= 15 is 0 Å². The number of halogens is 4. The number of hydrogen-bond donors (Lipinski definition) is 1. The van der Waals surface area contributed by atoms with Crippen molar-refractivity contribution in [3.63, 3.8) is 0 Å². The SMILES string of the molecule is CCc1nc(Cc2cccc(C(F)(F)F)c2)[nH]c(=O)c1Br. The van der Waals surface area contributed by atoms with Crippen LogP contribution >= 0.6 is 15.9 Å². The van der Waals surface area contributed by atoms with Crippen LogP contribution in [0.25, 0.3) is 0 Å². The first-order chi connectivity index (χ1) is 9.81. The Balaban J connectivity index is 2.35. The maximum absolute atomic E-state index is 12.7. The average molecular weight is 361 g/mol. The number of nitrogens with one attached hydrogen (secondary N) is 1. The second kappa shape index (κ2) is 6.01. The number of alkyl halides is 3. The summed E-state index contributed by atoms with van der Waals surface area (Å²) in [5, 5.41) is 0. The zero-order chi connectivity index (χ0) is 15.6. The largest absolute Gasteiger partial charge is 0.416 e. The van der Waals surface area contributed by atoms with E-state index in [2.05, 4.69) is 25.9 Å². The number of H-pyrrole nitrogens is 1. The Hall–Kier alpha value is -1.63. The van der Waals surface area contributed by atoms with E-state index < -0.39 is 11.7 Å². The molecule has 1 heterocycles. The van der Waals surface area contributed by atoms with Gasteiger partial charge in [0.05, 0.1) is 11.3 Å². The Morgan fingerprint density at radius 1 is 1.33 bits per heavy atom. The number of rotatable bonds is 3. The summed E-state index contributed by atoms with van der Waals surface area (Å²) < 4.78 is 38.3.